The lowest BCUT2D eigenvalue weighted by atomic mass is 10.1. The van der Waals surface area contributed by atoms with Gasteiger partial charge < -0.3 is 10.1 Å². The second kappa shape index (κ2) is 7.90. The molecule has 144 valence electrons. The molecule has 3 aromatic rings. The standard InChI is InChI=1S/C21H21FN4O2/c1-14-2-4-15(5-3-14)10-11-23-21(27)20-18-13-28-19(12-26(18)25-24-20)16-6-8-17(22)9-7-16/h2-9,19H,10-13H2,1H3,(H,23,27). The third kappa shape index (κ3) is 3.94. The Hall–Kier alpha value is -3.06. The van der Waals surface area contributed by atoms with Gasteiger partial charge in [0.2, 0.25) is 0 Å². The number of nitrogens with one attached hydrogen (secondary N) is 1. The van der Waals surface area contributed by atoms with E-state index in [1.165, 1.54) is 23.3 Å². The van der Waals surface area contributed by atoms with E-state index >= 15 is 0 Å². The van der Waals surface area contributed by atoms with Crippen molar-refractivity contribution in [2.24, 2.45) is 0 Å². The highest BCUT2D eigenvalue weighted by Gasteiger charge is 2.27. The summed E-state index contributed by atoms with van der Waals surface area (Å²) in [5.41, 5.74) is 4.20. The van der Waals surface area contributed by atoms with Crippen LogP contribution in [0.3, 0.4) is 0 Å². The summed E-state index contributed by atoms with van der Waals surface area (Å²) in [6.45, 7) is 3.23. The summed E-state index contributed by atoms with van der Waals surface area (Å²) in [7, 11) is 0. The van der Waals surface area contributed by atoms with Gasteiger partial charge in [-0.1, -0.05) is 47.2 Å². The number of aryl methyl sites for hydroxylation is 1. The molecule has 7 heteroatoms. The highest BCUT2D eigenvalue weighted by molar-refractivity contribution is 5.93. The molecule has 0 saturated carbocycles. The van der Waals surface area contributed by atoms with E-state index in [9.17, 15) is 9.18 Å². The van der Waals surface area contributed by atoms with Crippen LogP contribution in [-0.4, -0.2) is 27.4 Å². The summed E-state index contributed by atoms with van der Waals surface area (Å²) in [6.07, 6.45) is 0.505. The van der Waals surface area contributed by atoms with E-state index in [0.717, 1.165) is 12.0 Å². The average molecular weight is 380 g/mol. The van der Waals surface area contributed by atoms with Gasteiger partial charge in [-0.2, -0.15) is 0 Å². The van der Waals surface area contributed by atoms with Gasteiger partial charge in [0, 0.05) is 6.54 Å². The molecule has 1 aromatic heterocycles. The number of ether oxygens (including phenoxy) is 1. The summed E-state index contributed by atoms with van der Waals surface area (Å²) < 4.78 is 20.6. The summed E-state index contributed by atoms with van der Waals surface area (Å²) in [6, 6.07) is 14.4. The van der Waals surface area contributed by atoms with Crippen LogP contribution in [0.25, 0.3) is 0 Å². The normalized spacial score (nSPS) is 15.9. The number of aromatic nitrogens is 3. The number of carbonyl (C=O) groups is 1. The van der Waals surface area contributed by atoms with Crippen molar-refractivity contribution in [2.75, 3.05) is 6.54 Å². The van der Waals surface area contributed by atoms with Crippen LogP contribution in [0, 0.1) is 12.7 Å². The van der Waals surface area contributed by atoms with Crippen molar-refractivity contribution in [3.8, 4) is 0 Å². The van der Waals surface area contributed by atoms with E-state index in [-0.39, 0.29) is 24.4 Å². The van der Waals surface area contributed by atoms with E-state index in [2.05, 4.69) is 39.9 Å². The number of nitrogens with zero attached hydrogens (tertiary/aromatic N) is 3. The summed E-state index contributed by atoms with van der Waals surface area (Å²) in [5.74, 6) is -0.539. The number of amides is 1. The predicted molar refractivity (Wildman–Crippen MR) is 101 cm³/mol. The Bertz CT molecular complexity index is 967. The lowest BCUT2D eigenvalue weighted by Crippen LogP contribution is -2.29. The highest BCUT2D eigenvalue weighted by atomic mass is 19.1. The molecule has 1 aliphatic rings. The van der Waals surface area contributed by atoms with Crippen LogP contribution >= 0.6 is 0 Å². The minimum atomic E-state index is -0.286. The van der Waals surface area contributed by atoms with Crippen molar-refractivity contribution in [3.63, 3.8) is 0 Å². The number of benzene rings is 2. The quantitative estimate of drug-likeness (QED) is 0.739. The molecule has 0 aliphatic carbocycles. The van der Waals surface area contributed by atoms with Gasteiger partial charge in [-0.3, -0.25) is 4.79 Å². The fourth-order valence-corrected chi connectivity index (χ4v) is 3.23. The Kier molecular flexibility index (Phi) is 5.16. The van der Waals surface area contributed by atoms with Crippen molar-refractivity contribution >= 4 is 5.91 Å². The van der Waals surface area contributed by atoms with Gasteiger partial charge in [0.15, 0.2) is 5.69 Å². The minimum absolute atomic E-state index is 0.232. The molecular weight excluding hydrogens is 359 g/mol. The molecule has 0 bridgehead atoms. The zero-order valence-corrected chi connectivity index (χ0v) is 15.6. The number of hydrogen-bond donors (Lipinski definition) is 1. The van der Waals surface area contributed by atoms with Gasteiger partial charge in [0.25, 0.3) is 5.91 Å². The largest absolute Gasteiger partial charge is 0.365 e. The van der Waals surface area contributed by atoms with Gasteiger partial charge >= 0.3 is 0 Å². The first kappa shape index (κ1) is 18.3. The Balaban J connectivity index is 1.37. The molecule has 1 aliphatic heterocycles. The van der Waals surface area contributed by atoms with Crippen LogP contribution in [-0.2, 0) is 24.3 Å². The fraction of sp³-hybridized carbons (Fsp3) is 0.286. The minimum Gasteiger partial charge on any atom is -0.365 e. The molecule has 1 unspecified atom stereocenters. The molecule has 1 N–H and O–H groups in total. The zero-order chi connectivity index (χ0) is 19.5. The maximum absolute atomic E-state index is 13.1. The van der Waals surface area contributed by atoms with Gasteiger partial charge in [0.1, 0.15) is 11.9 Å². The maximum Gasteiger partial charge on any atom is 0.273 e. The maximum atomic E-state index is 13.1. The fourth-order valence-electron chi connectivity index (χ4n) is 3.23. The Morgan fingerprint density at radius 3 is 2.71 bits per heavy atom. The lowest BCUT2D eigenvalue weighted by Gasteiger charge is -2.24. The lowest BCUT2D eigenvalue weighted by molar-refractivity contribution is -0.00180. The average Bonchev–Trinajstić information content (AvgIpc) is 3.13. The van der Waals surface area contributed by atoms with E-state index in [4.69, 9.17) is 4.74 Å². The highest BCUT2D eigenvalue weighted by Crippen LogP contribution is 2.27. The van der Waals surface area contributed by atoms with Crippen molar-refractivity contribution in [3.05, 3.63) is 82.4 Å². The first-order valence-corrected chi connectivity index (χ1v) is 9.23. The smallest absolute Gasteiger partial charge is 0.273 e. The van der Waals surface area contributed by atoms with Crippen LogP contribution in [0.2, 0.25) is 0 Å². The molecule has 2 aromatic carbocycles. The van der Waals surface area contributed by atoms with Crippen LogP contribution in [0.15, 0.2) is 48.5 Å². The number of halogens is 1. The number of hydrogen-bond acceptors (Lipinski definition) is 4. The van der Waals surface area contributed by atoms with Crippen LogP contribution in [0.4, 0.5) is 4.39 Å². The molecule has 1 atom stereocenters. The van der Waals surface area contributed by atoms with Gasteiger partial charge in [-0.15, -0.1) is 5.10 Å². The third-order valence-electron chi connectivity index (χ3n) is 4.87. The monoisotopic (exact) mass is 380 g/mol. The van der Waals surface area contributed by atoms with Crippen molar-refractivity contribution in [2.45, 2.75) is 32.6 Å². The van der Waals surface area contributed by atoms with Gasteiger partial charge in [-0.25, -0.2) is 9.07 Å². The SMILES string of the molecule is Cc1ccc(CCNC(=O)c2nnn3c2COC(c2ccc(F)cc2)C3)cc1. The molecule has 1 amide bonds. The van der Waals surface area contributed by atoms with Crippen LogP contribution in [0.5, 0.6) is 0 Å². The van der Waals surface area contributed by atoms with Crippen molar-refractivity contribution < 1.29 is 13.9 Å². The first-order chi connectivity index (χ1) is 13.6. The van der Waals surface area contributed by atoms with Crippen LogP contribution < -0.4 is 5.32 Å². The molecule has 28 heavy (non-hydrogen) atoms. The Morgan fingerprint density at radius 1 is 1.21 bits per heavy atom. The molecule has 2 heterocycles. The predicted octanol–water partition coefficient (Wildman–Crippen LogP) is 2.97. The molecule has 6 nitrogen and oxygen atoms in total. The van der Waals surface area contributed by atoms with E-state index in [0.29, 0.717) is 24.5 Å². The number of rotatable bonds is 5. The summed E-state index contributed by atoms with van der Waals surface area (Å²) >= 11 is 0. The van der Waals surface area contributed by atoms with Crippen LogP contribution in [0.1, 0.15) is 39.0 Å². The Morgan fingerprint density at radius 2 is 1.96 bits per heavy atom. The van der Waals surface area contributed by atoms with Gasteiger partial charge in [-0.05, 0) is 36.6 Å². The first-order valence-electron chi connectivity index (χ1n) is 9.23. The molecule has 0 spiro atoms. The third-order valence-corrected chi connectivity index (χ3v) is 4.87. The molecule has 0 radical (unpaired) electrons. The van der Waals surface area contributed by atoms with E-state index in [1.807, 2.05) is 6.92 Å². The summed E-state index contributed by atoms with van der Waals surface area (Å²) in [5, 5.41) is 11.0. The number of fused-ring (bicyclic) bond motifs is 1. The molecular formula is C21H21FN4O2. The second-order valence-corrected chi connectivity index (χ2v) is 6.91. The number of carbonyl (C=O) groups excluding carboxylic acids is 1. The Labute approximate surface area is 162 Å². The van der Waals surface area contributed by atoms with E-state index < -0.39 is 0 Å². The summed E-state index contributed by atoms with van der Waals surface area (Å²) in [4.78, 5) is 12.5. The topological polar surface area (TPSA) is 69.0 Å². The van der Waals surface area contributed by atoms with Crippen molar-refractivity contribution in [1.29, 1.82) is 0 Å². The molecule has 0 saturated heterocycles. The van der Waals surface area contributed by atoms with Crippen molar-refractivity contribution in [1.82, 2.24) is 20.3 Å². The van der Waals surface area contributed by atoms with E-state index in [1.54, 1.807) is 16.8 Å². The molecule has 0 fully saturated rings. The zero-order valence-electron chi connectivity index (χ0n) is 15.6. The van der Waals surface area contributed by atoms with Gasteiger partial charge in [0.05, 0.1) is 18.8 Å². The second-order valence-electron chi connectivity index (χ2n) is 6.91. The molecule has 4 rings (SSSR count).